The second-order valence-electron chi connectivity index (χ2n) is 4.29. The number of aromatic nitrogens is 4. The van der Waals surface area contributed by atoms with Crippen LogP contribution in [0.5, 0.6) is 0 Å². The normalized spacial score (nSPS) is 10.9. The van der Waals surface area contributed by atoms with Crippen LogP contribution in [0.1, 0.15) is 11.4 Å². The monoisotopic (exact) mass is 291 g/mol. The van der Waals surface area contributed by atoms with Crippen molar-refractivity contribution in [2.45, 2.75) is 13.5 Å². The summed E-state index contributed by atoms with van der Waals surface area (Å²) in [5, 5.41) is 11.5. The molecule has 0 aliphatic carbocycles. The van der Waals surface area contributed by atoms with Gasteiger partial charge in [0.25, 0.3) is 0 Å². The molecule has 0 aliphatic heterocycles. The highest BCUT2D eigenvalue weighted by atomic mass is 35.5. The van der Waals surface area contributed by atoms with Crippen LogP contribution in [0.3, 0.4) is 0 Å². The van der Waals surface area contributed by atoms with Gasteiger partial charge >= 0.3 is 0 Å². The molecular weight excluding hydrogens is 281 g/mol. The summed E-state index contributed by atoms with van der Waals surface area (Å²) in [4.78, 5) is 4.18. The Labute approximate surface area is 119 Å². The van der Waals surface area contributed by atoms with E-state index in [1.165, 1.54) is 10.7 Å². The van der Waals surface area contributed by atoms with Gasteiger partial charge in [0.1, 0.15) is 17.5 Å². The lowest BCUT2D eigenvalue weighted by Gasteiger charge is -2.07. The molecule has 3 rings (SSSR count). The maximum atomic E-state index is 13.7. The van der Waals surface area contributed by atoms with Crippen LogP contribution in [0, 0.1) is 12.7 Å². The van der Waals surface area contributed by atoms with Gasteiger partial charge in [0.15, 0.2) is 5.65 Å². The number of benzene rings is 1. The smallest absolute Gasteiger partial charge is 0.176 e. The third-order valence-electron chi connectivity index (χ3n) is 2.80. The van der Waals surface area contributed by atoms with E-state index >= 15 is 0 Å². The van der Waals surface area contributed by atoms with Gasteiger partial charge in [0.05, 0.1) is 5.02 Å². The van der Waals surface area contributed by atoms with Crippen LogP contribution in [-0.2, 0) is 6.54 Å². The minimum atomic E-state index is -0.417. The highest BCUT2D eigenvalue weighted by molar-refractivity contribution is 6.30. The Kier molecular flexibility index (Phi) is 3.23. The molecule has 3 aromatic rings. The first kappa shape index (κ1) is 12.8. The second-order valence-corrected chi connectivity index (χ2v) is 4.70. The molecule has 0 spiro atoms. The van der Waals surface area contributed by atoms with Crippen LogP contribution >= 0.6 is 11.6 Å². The fraction of sp³-hybridized carbons (Fsp3) is 0.154. The summed E-state index contributed by atoms with van der Waals surface area (Å²) in [6.07, 6.45) is 0. The van der Waals surface area contributed by atoms with Crippen molar-refractivity contribution < 1.29 is 4.39 Å². The molecule has 2 aromatic heterocycles. The molecule has 0 unspecified atom stereocenters. The molecule has 1 aromatic carbocycles. The van der Waals surface area contributed by atoms with Crippen LogP contribution in [0.15, 0.2) is 30.3 Å². The first-order valence-electron chi connectivity index (χ1n) is 6.01. The van der Waals surface area contributed by atoms with E-state index in [1.807, 2.05) is 0 Å². The Morgan fingerprint density at radius 2 is 2.10 bits per heavy atom. The summed E-state index contributed by atoms with van der Waals surface area (Å²) in [7, 11) is 0. The quantitative estimate of drug-likeness (QED) is 0.806. The minimum Gasteiger partial charge on any atom is -0.364 e. The number of halogens is 2. The Hall–Kier alpha value is -2.21. The zero-order valence-corrected chi connectivity index (χ0v) is 11.4. The van der Waals surface area contributed by atoms with Crippen LogP contribution in [-0.4, -0.2) is 19.8 Å². The predicted molar refractivity (Wildman–Crippen MR) is 74.3 cm³/mol. The number of nitrogens with one attached hydrogen (secondary N) is 1. The van der Waals surface area contributed by atoms with Gasteiger partial charge < -0.3 is 5.32 Å². The maximum absolute atomic E-state index is 13.7. The van der Waals surface area contributed by atoms with E-state index in [1.54, 1.807) is 31.2 Å². The number of aryl methyl sites for hydroxylation is 1. The van der Waals surface area contributed by atoms with E-state index in [9.17, 15) is 4.39 Å². The number of hydrogen-bond acceptors (Lipinski definition) is 4. The molecule has 0 saturated carbocycles. The first-order valence-corrected chi connectivity index (χ1v) is 6.39. The molecule has 2 heterocycles. The van der Waals surface area contributed by atoms with E-state index in [0.29, 0.717) is 29.4 Å². The number of anilines is 1. The molecule has 0 bridgehead atoms. The first-order chi connectivity index (χ1) is 9.63. The number of fused-ring (bicyclic) bond motifs is 1. The lowest BCUT2D eigenvalue weighted by atomic mass is 10.2. The Balaban J connectivity index is 1.81. The maximum Gasteiger partial charge on any atom is 0.176 e. The van der Waals surface area contributed by atoms with Crippen LogP contribution in [0.25, 0.3) is 5.65 Å². The molecule has 0 radical (unpaired) electrons. The Morgan fingerprint density at radius 3 is 2.95 bits per heavy atom. The van der Waals surface area contributed by atoms with Crippen molar-refractivity contribution in [3.63, 3.8) is 0 Å². The summed E-state index contributed by atoms with van der Waals surface area (Å²) in [6.45, 7) is 2.09. The van der Waals surface area contributed by atoms with Crippen LogP contribution in [0.4, 0.5) is 10.2 Å². The summed E-state index contributed by atoms with van der Waals surface area (Å²) in [5.41, 5.74) is 1.15. The van der Waals surface area contributed by atoms with Crippen molar-refractivity contribution in [1.82, 2.24) is 19.8 Å². The topological polar surface area (TPSA) is 55.1 Å². The van der Waals surface area contributed by atoms with Crippen molar-refractivity contribution in [3.05, 3.63) is 52.6 Å². The van der Waals surface area contributed by atoms with Crippen molar-refractivity contribution in [2.75, 3.05) is 5.32 Å². The molecule has 1 N–H and O–H groups in total. The summed E-state index contributed by atoms with van der Waals surface area (Å²) in [5.74, 6) is 0.816. The van der Waals surface area contributed by atoms with Gasteiger partial charge in [-0.1, -0.05) is 23.7 Å². The molecule has 0 amide bonds. The van der Waals surface area contributed by atoms with Gasteiger partial charge in [0.2, 0.25) is 0 Å². The second kappa shape index (κ2) is 5.05. The van der Waals surface area contributed by atoms with E-state index in [0.717, 1.165) is 0 Å². The minimum absolute atomic E-state index is 0.111. The molecular formula is C13H11ClFN5. The van der Waals surface area contributed by atoms with Gasteiger partial charge in [-0.2, -0.15) is 0 Å². The Morgan fingerprint density at radius 1 is 1.25 bits per heavy atom. The van der Waals surface area contributed by atoms with E-state index < -0.39 is 5.82 Å². The van der Waals surface area contributed by atoms with E-state index in [2.05, 4.69) is 20.5 Å². The molecule has 20 heavy (non-hydrogen) atoms. The highest BCUT2D eigenvalue weighted by Crippen LogP contribution is 2.18. The lowest BCUT2D eigenvalue weighted by Crippen LogP contribution is -2.06. The van der Waals surface area contributed by atoms with Crippen molar-refractivity contribution in [2.24, 2.45) is 0 Å². The van der Waals surface area contributed by atoms with Gasteiger partial charge in [-0.25, -0.2) is 9.37 Å². The lowest BCUT2D eigenvalue weighted by molar-refractivity contribution is 0.613. The molecule has 0 aliphatic rings. The molecule has 7 heteroatoms. The third-order valence-corrected chi connectivity index (χ3v) is 3.10. The Bertz CT molecular complexity index is 771. The largest absolute Gasteiger partial charge is 0.364 e. The summed E-state index contributed by atoms with van der Waals surface area (Å²) >= 11 is 5.74. The third kappa shape index (κ3) is 2.42. The molecule has 102 valence electrons. The molecule has 0 atom stereocenters. The standard InChI is InChI=1S/C13H11ClFN5/c1-8-17-12-6-5-11(19-20(12)18-8)16-7-9-3-2-4-10(14)13(9)15/h2-6H,7H2,1H3,(H,16,19). The van der Waals surface area contributed by atoms with Gasteiger partial charge in [-0.05, 0) is 25.1 Å². The predicted octanol–water partition coefficient (Wildman–Crippen LogP) is 2.84. The SMILES string of the molecule is Cc1nc2ccc(NCc3cccc(Cl)c3F)nn2n1. The van der Waals surface area contributed by atoms with E-state index in [-0.39, 0.29) is 5.02 Å². The van der Waals surface area contributed by atoms with Crippen LogP contribution < -0.4 is 5.32 Å². The zero-order chi connectivity index (χ0) is 14.1. The molecule has 0 saturated heterocycles. The fourth-order valence-corrected chi connectivity index (χ4v) is 2.05. The van der Waals surface area contributed by atoms with E-state index in [4.69, 9.17) is 11.6 Å². The van der Waals surface area contributed by atoms with Crippen molar-refractivity contribution >= 4 is 23.1 Å². The number of rotatable bonds is 3. The molecule has 0 fully saturated rings. The average Bonchev–Trinajstić information content (AvgIpc) is 2.79. The number of nitrogens with zero attached hydrogens (tertiary/aromatic N) is 4. The van der Waals surface area contributed by atoms with Gasteiger partial charge in [0, 0.05) is 12.1 Å². The van der Waals surface area contributed by atoms with Crippen molar-refractivity contribution in [1.29, 1.82) is 0 Å². The van der Waals surface area contributed by atoms with Gasteiger partial charge in [-0.3, -0.25) is 0 Å². The molecule has 5 nitrogen and oxygen atoms in total. The van der Waals surface area contributed by atoms with Crippen molar-refractivity contribution in [3.8, 4) is 0 Å². The zero-order valence-electron chi connectivity index (χ0n) is 10.6. The summed E-state index contributed by atoms with van der Waals surface area (Å²) < 4.78 is 15.2. The fourth-order valence-electron chi connectivity index (χ4n) is 1.85. The summed E-state index contributed by atoms with van der Waals surface area (Å²) in [6, 6.07) is 8.46. The van der Waals surface area contributed by atoms with Gasteiger partial charge in [-0.15, -0.1) is 14.8 Å². The van der Waals surface area contributed by atoms with Crippen LogP contribution in [0.2, 0.25) is 5.02 Å². The average molecular weight is 292 g/mol. The number of hydrogen-bond donors (Lipinski definition) is 1. The highest BCUT2D eigenvalue weighted by Gasteiger charge is 2.07.